The molecule has 0 rings (SSSR count). The Labute approximate surface area is 518 Å². The van der Waals surface area contributed by atoms with Gasteiger partial charge in [-0.25, -0.2) is 0 Å². The van der Waals surface area contributed by atoms with Gasteiger partial charge in [0.05, 0.1) is 0 Å². The molecule has 0 aliphatic carbocycles. The van der Waals surface area contributed by atoms with Crippen molar-refractivity contribution in [1.29, 1.82) is 0 Å². The van der Waals surface area contributed by atoms with Crippen LogP contribution in [-0.2, 0) is 196 Å². The maximum atomic E-state index is 3.88. The molecular formula is C51H102Y6-6. The van der Waals surface area contributed by atoms with Crippen LogP contribution in [0.4, 0.5) is 0 Å². The summed E-state index contributed by atoms with van der Waals surface area (Å²) in [6.45, 7) is 52.1. The molecule has 0 saturated carbocycles. The smallest absolute Gasteiger partial charge is 0 e. The Kier molecular flexibility index (Phi) is 88.8. The first-order valence-electron chi connectivity index (χ1n) is 22.0. The summed E-state index contributed by atoms with van der Waals surface area (Å²) in [6, 6.07) is 0. The van der Waals surface area contributed by atoms with E-state index in [4.69, 9.17) is 0 Å². The summed E-state index contributed by atoms with van der Waals surface area (Å²) in [6.07, 6.45) is 20.3. The first-order valence-corrected chi connectivity index (χ1v) is 22.0. The topological polar surface area (TPSA) is 0 Å². The van der Waals surface area contributed by atoms with E-state index in [2.05, 4.69) is 158 Å². The van der Waals surface area contributed by atoms with E-state index in [-0.39, 0.29) is 196 Å². The van der Waals surface area contributed by atoms with E-state index in [1.54, 1.807) is 29.6 Å². The average molecular weight is 1250 g/mol. The van der Waals surface area contributed by atoms with Crippen molar-refractivity contribution in [1.82, 2.24) is 0 Å². The zero-order chi connectivity index (χ0) is 40.7. The molecule has 0 N–H and O–H groups in total. The quantitative estimate of drug-likeness (QED) is 0.0631. The minimum absolute atomic E-state index is 0. The summed E-state index contributed by atoms with van der Waals surface area (Å²) in [7, 11) is 0. The van der Waals surface area contributed by atoms with Crippen molar-refractivity contribution in [2.75, 3.05) is 0 Å². The fourth-order valence-corrected chi connectivity index (χ4v) is 7.58. The van der Waals surface area contributed by atoms with Crippen molar-refractivity contribution < 1.29 is 196 Å². The number of rotatable bonds is 25. The van der Waals surface area contributed by atoms with Gasteiger partial charge in [0.1, 0.15) is 0 Å². The van der Waals surface area contributed by atoms with Gasteiger partial charge in [-0.1, -0.05) is 164 Å². The third-order valence-corrected chi connectivity index (χ3v) is 9.78. The third-order valence-electron chi connectivity index (χ3n) is 9.78. The number of hydrogen-bond donors (Lipinski definition) is 0. The molecule has 6 heteroatoms. The maximum absolute atomic E-state index is 3.88. The number of allylic oxidation sites excluding steroid dienone is 1. The molecule has 0 amide bonds. The maximum Gasteiger partial charge on any atom is 0 e. The summed E-state index contributed by atoms with van der Waals surface area (Å²) in [5, 5.41) is 0. The molecule has 0 fully saturated rings. The standard InChI is InChI=1S/2C17H34.C10H19.C7H15.6Y/c2*1-8-14(4)10-16(6)12-17(7)11-15(5)9-13(2)3;1-8(2)6-10(5)7-9(3)4;1-4-6-7(3)5-2;;;;;;/h2*13-14,17H,8-12H2,1-7H3;9H,1,6-7H2,2-5H3;4,7H,5-6H2,1-3H3;;;;;;/q2*-2;2*-1;;;;;;/t14?,17-;;;;;;;;;/m1........./s1. The molecule has 0 spiro atoms. The van der Waals surface area contributed by atoms with Crippen LogP contribution in [0.5, 0.6) is 0 Å². The van der Waals surface area contributed by atoms with E-state index in [0.29, 0.717) is 0 Å². The zero-order valence-electron chi connectivity index (χ0n) is 43.3. The molecule has 0 aliphatic heterocycles. The Morgan fingerprint density at radius 3 is 0.825 bits per heavy atom. The van der Waals surface area contributed by atoms with E-state index in [0.717, 1.165) is 53.8 Å². The largest absolute Gasteiger partial charge is 0.331 e. The van der Waals surface area contributed by atoms with Gasteiger partial charge in [-0.05, 0) is 6.92 Å². The molecule has 0 aliphatic rings. The van der Waals surface area contributed by atoms with Gasteiger partial charge in [0, 0.05) is 196 Å². The Balaban J connectivity index is -0.0000000653. The molecule has 330 valence electrons. The monoisotopic (exact) mass is 1250 g/mol. The van der Waals surface area contributed by atoms with Crippen LogP contribution in [0.25, 0.3) is 0 Å². The van der Waals surface area contributed by atoms with Crippen molar-refractivity contribution in [2.24, 2.45) is 47.3 Å². The van der Waals surface area contributed by atoms with Gasteiger partial charge in [0.2, 0.25) is 0 Å². The first-order chi connectivity index (χ1) is 23.5. The molecule has 4 unspecified atom stereocenters. The van der Waals surface area contributed by atoms with Crippen LogP contribution in [0.3, 0.4) is 0 Å². The number of hydrogen-bond acceptors (Lipinski definition) is 0. The van der Waals surface area contributed by atoms with Crippen molar-refractivity contribution in [3.8, 4) is 0 Å². The second-order valence-corrected chi connectivity index (χ2v) is 19.3. The Morgan fingerprint density at radius 1 is 0.404 bits per heavy atom. The molecular weight excluding hydrogens is 1150 g/mol. The van der Waals surface area contributed by atoms with Gasteiger partial charge >= 0.3 is 0 Å². The van der Waals surface area contributed by atoms with Crippen LogP contribution in [0, 0.1) is 83.4 Å². The first kappa shape index (κ1) is 86.5. The zero-order valence-corrected chi connectivity index (χ0v) is 60.3. The predicted molar refractivity (Wildman–Crippen MR) is 241 cm³/mol. The van der Waals surface area contributed by atoms with Gasteiger partial charge in [-0.15, -0.1) is 12.2 Å². The third kappa shape index (κ3) is 74.1. The average Bonchev–Trinajstić information content (AvgIpc) is 2.95. The van der Waals surface area contributed by atoms with Crippen LogP contribution in [0.2, 0.25) is 0 Å². The molecule has 0 saturated heterocycles. The second kappa shape index (κ2) is 58.5. The molecule has 0 aromatic carbocycles. The molecule has 0 aromatic rings. The second-order valence-electron chi connectivity index (χ2n) is 19.3. The van der Waals surface area contributed by atoms with Crippen LogP contribution >= 0.6 is 0 Å². The fourth-order valence-electron chi connectivity index (χ4n) is 7.58. The molecule has 0 heterocycles. The fraction of sp³-hybridized carbons (Fsp3) is 0.843. The van der Waals surface area contributed by atoms with Crippen LogP contribution in [-0.4, -0.2) is 0 Å². The summed E-state index contributed by atoms with van der Waals surface area (Å²) < 4.78 is 0. The van der Waals surface area contributed by atoms with Crippen LogP contribution < -0.4 is 0 Å². The molecule has 0 nitrogen and oxygen atoms in total. The predicted octanol–water partition coefficient (Wildman–Crippen LogP) is 18.4. The Morgan fingerprint density at radius 2 is 0.632 bits per heavy atom. The van der Waals surface area contributed by atoms with E-state index < -0.39 is 0 Å². The van der Waals surface area contributed by atoms with Crippen molar-refractivity contribution in [3.63, 3.8) is 0 Å². The molecule has 0 aromatic heterocycles. The minimum atomic E-state index is 0. The van der Waals surface area contributed by atoms with E-state index in [1.807, 2.05) is 0 Å². The molecule has 0 bridgehead atoms. The summed E-state index contributed by atoms with van der Waals surface area (Å²) in [4.78, 5) is 0. The molecule has 5 atom stereocenters. The van der Waals surface area contributed by atoms with Gasteiger partial charge in [0.25, 0.3) is 0 Å². The van der Waals surface area contributed by atoms with E-state index in [9.17, 15) is 0 Å². The SMILES string of the molecule is C=C(C)C[C-](C)CC(C)C.CCC(C)C[C-](C)CC(C)C[C-](C)CC(C)C.CCC(C)C[C-](C)C[C@H](C)C[C-](C)CC(C)C.C[CH-]CC(C)CC.[Y].[Y].[Y].[Y].[Y].[Y]. The van der Waals surface area contributed by atoms with E-state index >= 15 is 0 Å². The summed E-state index contributed by atoms with van der Waals surface area (Å²) in [5.41, 5.74) is 1.28. The van der Waals surface area contributed by atoms with Crippen LogP contribution in [0.15, 0.2) is 12.2 Å². The van der Waals surface area contributed by atoms with Gasteiger partial charge in [-0.3, -0.25) is 0 Å². The van der Waals surface area contributed by atoms with E-state index in [1.165, 1.54) is 89.0 Å². The summed E-state index contributed by atoms with van der Waals surface area (Å²) in [5.74, 6) is 15.0. The van der Waals surface area contributed by atoms with Crippen molar-refractivity contribution in [3.05, 3.63) is 48.2 Å². The Hall–Kier alpha value is 6.36. The molecule has 57 heavy (non-hydrogen) atoms. The normalized spacial score (nSPS) is 13.1. The van der Waals surface area contributed by atoms with Gasteiger partial charge < -0.3 is 36.0 Å². The minimum Gasteiger partial charge on any atom is -0.331 e. The van der Waals surface area contributed by atoms with Gasteiger partial charge in [0.15, 0.2) is 0 Å². The summed E-state index contributed by atoms with van der Waals surface area (Å²) >= 11 is 0. The van der Waals surface area contributed by atoms with Crippen molar-refractivity contribution >= 4 is 0 Å². The van der Waals surface area contributed by atoms with Crippen molar-refractivity contribution in [2.45, 2.75) is 235 Å². The Bertz CT molecular complexity index is 686. The molecule has 6 radical (unpaired) electrons. The van der Waals surface area contributed by atoms with Crippen LogP contribution in [0.1, 0.15) is 235 Å². The van der Waals surface area contributed by atoms with Gasteiger partial charge in [-0.2, -0.15) is 112 Å².